The van der Waals surface area contributed by atoms with Crippen LogP contribution >= 0.6 is 0 Å². The van der Waals surface area contributed by atoms with Crippen molar-refractivity contribution in [2.24, 2.45) is 0 Å². The first-order valence-electron chi connectivity index (χ1n) is 7.14. The van der Waals surface area contributed by atoms with Gasteiger partial charge in [0.15, 0.2) is 0 Å². The van der Waals surface area contributed by atoms with E-state index in [4.69, 9.17) is 0 Å². The van der Waals surface area contributed by atoms with E-state index in [0.29, 0.717) is 6.42 Å². The first kappa shape index (κ1) is 12.9. The van der Waals surface area contributed by atoms with Crippen LogP contribution in [0.5, 0.6) is 0 Å². The van der Waals surface area contributed by atoms with E-state index < -0.39 is 0 Å². The minimum absolute atomic E-state index is 0.228. The Kier molecular flexibility index (Phi) is 3.81. The number of benzene rings is 1. The van der Waals surface area contributed by atoms with Crippen LogP contribution < -0.4 is 0 Å². The van der Waals surface area contributed by atoms with Crippen molar-refractivity contribution in [3.05, 3.63) is 54.4 Å². The molecule has 2 heterocycles. The first-order chi connectivity index (χ1) is 9.83. The molecule has 1 aromatic heterocycles. The number of rotatable bonds is 4. The third-order valence-electron chi connectivity index (χ3n) is 3.85. The third-order valence-corrected chi connectivity index (χ3v) is 3.85. The molecule has 1 aliphatic rings. The zero-order chi connectivity index (χ0) is 13.8. The maximum atomic E-state index is 12.4. The summed E-state index contributed by atoms with van der Waals surface area (Å²) in [5.74, 6) is 0.228. The van der Waals surface area contributed by atoms with Crippen LogP contribution in [-0.4, -0.2) is 33.2 Å². The van der Waals surface area contributed by atoms with E-state index >= 15 is 0 Å². The van der Waals surface area contributed by atoms with E-state index in [0.717, 1.165) is 31.5 Å². The van der Waals surface area contributed by atoms with Gasteiger partial charge in [-0.05, 0) is 24.5 Å². The molecule has 1 aromatic carbocycles. The third kappa shape index (κ3) is 2.90. The van der Waals surface area contributed by atoms with Gasteiger partial charge < -0.3 is 4.90 Å². The lowest BCUT2D eigenvalue weighted by Crippen LogP contribution is -2.39. The van der Waals surface area contributed by atoms with Gasteiger partial charge >= 0.3 is 0 Å². The maximum absolute atomic E-state index is 12.4. The van der Waals surface area contributed by atoms with Crippen molar-refractivity contribution < 1.29 is 4.79 Å². The van der Waals surface area contributed by atoms with Crippen LogP contribution in [-0.2, 0) is 17.8 Å². The molecule has 4 nitrogen and oxygen atoms in total. The second-order valence-corrected chi connectivity index (χ2v) is 5.27. The molecular weight excluding hydrogens is 250 g/mol. The Morgan fingerprint density at radius 2 is 2.10 bits per heavy atom. The van der Waals surface area contributed by atoms with Gasteiger partial charge in [0.1, 0.15) is 0 Å². The fourth-order valence-corrected chi connectivity index (χ4v) is 2.85. The smallest absolute Gasteiger partial charge is 0.227 e. The Morgan fingerprint density at radius 1 is 1.25 bits per heavy atom. The minimum atomic E-state index is 0.228. The second kappa shape index (κ2) is 5.90. The van der Waals surface area contributed by atoms with Crippen molar-refractivity contribution in [1.29, 1.82) is 0 Å². The van der Waals surface area contributed by atoms with Crippen molar-refractivity contribution >= 4 is 5.91 Å². The first-order valence-corrected chi connectivity index (χ1v) is 7.14. The summed E-state index contributed by atoms with van der Waals surface area (Å²) < 4.78 is 1.92. The van der Waals surface area contributed by atoms with Crippen LogP contribution in [0.2, 0.25) is 0 Å². The summed E-state index contributed by atoms with van der Waals surface area (Å²) in [6.45, 7) is 1.67. The van der Waals surface area contributed by atoms with Crippen molar-refractivity contribution in [3.8, 4) is 0 Å². The van der Waals surface area contributed by atoms with Gasteiger partial charge in [0.05, 0.1) is 19.0 Å². The minimum Gasteiger partial charge on any atom is -0.338 e. The molecule has 4 heteroatoms. The Bertz CT molecular complexity index is 550. The van der Waals surface area contributed by atoms with Gasteiger partial charge in [-0.1, -0.05) is 30.3 Å². The molecule has 3 rings (SSSR count). The van der Waals surface area contributed by atoms with Crippen LogP contribution in [0, 0.1) is 0 Å². The van der Waals surface area contributed by atoms with Crippen molar-refractivity contribution in [2.75, 3.05) is 6.54 Å². The van der Waals surface area contributed by atoms with Crippen LogP contribution in [0.4, 0.5) is 0 Å². The Hall–Kier alpha value is -2.10. The normalized spacial score (nSPS) is 18.4. The molecule has 20 heavy (non-hydrogen) atoms. The summed E-state index contributed by atoms with van der Waals surface area (Å²) in [5.41, 5.74) is 1.09. The number of carbonyl (C=O) groups excluding carboxylic acids is 1. The summed E-state index contributed by atoms with van der Waals surface area (Å²) >= 11 is 0. The second-order valence-electron chi connectivity index (χ2n) is 5.27. The monoisotopic (exact) mass is 269 g/mol. The Labute approximate surface area is 119 Å². The van der Waals surface area contributed by atoms with Crippen molar-refractivity contribution in [2.45, 2.75) is 31.8 Å². The Morgan fingerprint density at radius 3 is 2.85 bits per heavy atom. The van der Waals surface area contributed by atoms with Crippen LogP contribution in [0.25, 0.3) is 0 Å². The SMILES string of the molecule is O=C(Cc1ccccc1)N1CCCC1Cn1cccn1. The number of hydrogen-bond acceptors (Lipinski definition) is 2. The molecule has 1 amide bonds. The highest BCUT2D eigenvalue weighted by Crippen LogP contribution is 2.20. The Balaban J connectivity index is 1.64. The summed E-state index contributed by atoms with van der Waals surface area (Å²) in [7, 11) is 0. The lowest BCUT2D eigenvalue weighted by Gasteiger charge is -2.24. The fraction of sp³-hybridized carbons (Fsp3) is 0.375. The average molecular weight is 269 g/mol. The zero-order valence-corrected chi connectivity index (χ0v) is 11.5. The van der Waals surface area contributed by atoms with Gasteiger partial charge in [-0.3, -0.25) is 9.48 Å². The van der Waals surface area contributed by atoms with Crippen molar-refractivity contribution in [3.63, 3.8) is 0 Å². The molecule has 0 bridgehead atoms. The van der Waals surface area contributed by atoms with Crippen molar-refractivity contribution in [1.82, 2.24) is 14.7 Å². The molecule has 0 saturated carbocycles. The molecule has 0 aliphatic carbocycles. The average Bonchev–Trinajstić information content (AvgIpc) is 3.12. The van der Waals surface area contributed by atoms with Gasteiger partial charge in [0.2, 0.25) is 5.91 Å². The molecular formula is C16H19N3O. The molecule has 1 unspecified atom stereocenters. The summed E-state index contributed by atoms with van der Waals surface area (Å²) in [6, 6.07) is 12.2. The number of amides is 1. The topological polar surface area (TPSA) is 38.1 Å². The fourth-order valence-electron chi connectivity index (χ4n) is 2.85. The lowest BCUT2D eigenvalue weighted by molar-refractivity contribution is -0.131. The van der Waals surface area contributed by atoms with E-state index in [1.54, 1.807) is 6.20 Å². The highest BCUT2D eigenvalue weighted by molar-refractivity contribution is 5.79. The molecule has 1 saturated heterocycles. The van der Waals surface area contributed by atoms with Crippen LogP contribution in [0.1, 0.15) is 18.4 Å². The molecule has 2 aromatic rings. The maximum Gasteiger partial charge on any atom is 0.227 e. The number of hydrogen-bond donors (Lipinski definition) is 0. The standard InChI is InChI=1S/C16H19N3O/c20-16(12-14-6-2-1-3-7-14)19-11-4-8-15(19)13-18-10-5-9-17-18/h1-3,5-7,9-10,15H,4,8,11-13H2. The molecule has 0 N–H and O–H groups in total. The molecule has 0 spiro atoms. The van der Waals surface area contributed by atoms with E-state index in [1.807, 2.05) is 52.2 Å². The highest BCUT2D eigenvalue weighted by Gasteiger charge is 2.28. The summed E-state index contributed by atoms with van der Waals surface area (Å²) in [6.07, 6.45) is 6.40. The van der Waals surface area contributed by atoms with Gasteiger partial charge in [-0.2, -0.15) is 5.10 Å². The number of aromatic nitrogens is 2. The largest absolute Gasteiger partial charge is 0.338 e. The lowest BCUT2D eigenvalue weighted by atomic mass is 10.1. The number of likely N-dealkylation sites (tertiary alicyclic amines) is 1. The van der Waals surface area contributed by atoms with Crippen LogP contribution in [0.15, 0.2) is 48.8 Å². The summed E-state index contributed by atoms with van der Waals surface area (Å²) in [4.78, 5) is 14.5. The quantitative estimate of drug-likeness (QED) is 0.852. The van der Waals surface area contributed by atoms with E-state index in [1.165, 1.54) is 0 Å². The molecule has 104 valence electrons. The van der Waals surface area contributed by atoms with E-state index in [-0.39, 0.29) is 11.9 Å². The van der Waals surface area contributed by atoms with Gasteiger partial charge in [0, 0.05) is 18.9 Å². The molecule has 0 radical (unpaired) electrons. The van der Waals surface area contributed by atoms with Gasteiger partial charge in [-0.15, -0.1) is 0 Å². The van der Waals surface area contributed by atoms with E-state index in [9.17, 15) is 4.79 Å². The zero-order valence-electron chi connectivity index (χ0n) is 11.5. The highest BCUT2D eigenvalue weighted by atomic mass is 16.2. The van der Waals surface area contributed by atoms with E-state index in [2.05, 4.69) is 5.10 Å². The number of carbonyl (C=O) groups is 1. The van der Waals surface area contributed by atoms with Gasteiger partial charge in [0.25, 0.3) is 0 Å². The predicted octanol–water partition coefficient (Wildman–Crippen LogP) is 2.12. The molecule has 1 atom stereocenters. The molecule has 1 aliphatic heterocycles. The molecule has 1 fully saturated rings. The predicted molar refractivity (Wildman–Crippen MR) is 77.1 cm³/mol. The summed E-state index contributed by atoms with van der Waals surface area (Å²) in [5, 5.41) is 4.24. The number of nitrogens with zero attached hydrogens (tertiary/aromatic N) is 3. The van der Waals surface area contributed by atoms with Gasteiger partial charge in [-0.25, -0.2) is 0 Å². The van der Waals surface area contributed by atoms with Crippen LogP contribution in [0.3, 0.4) is 0 Å².